The van der Waals surface area contributed by atoms with Crippen molar-refractivity contribution < 1.29 is 4.74 Å². The summed E-state index contributed by atoms with van der Waals surface area (Å²) in [5.74, 6) is 1.73. The number of aromatic nitrogens is 2. The fourth-order valence-corrected chi connectivity index (χ4v) is 4.33. The lowest BCUT2D eigenvalue weighted by atomic mass is 9.97. The van der Waals surface area contributed by atoms with Crippen LogP contribution in [0.3, 0.4) is 0 Å². The van der Waals surface area contributed by atoms with Crippen LogP contribution >= 0.6 is 12.6 Å². The summed E-state index contributed by atoms with van der Waals surface area (Å²) < 4.78 is 5.50. The van der Waals surface area contributed by atoms with Gasteiger partial charge in [0, 0.05) is 53.1 Å². The number of ether oxygens (including phenoxy) is 1. The molecule has 1 aliphatic rings. The van der Waals surface area contributed by atoms with Gasteiger partial charge in [0.1, 0.15) is 18.3 Å². The first-order valence-corrected chi connectivity index (χ1v) is 11.6. The number of aryl methyl sites for hydroxylation is 1. The molecule has 0 saturated heterocycles. The minimum Gasteiger partial charge on any atom is -0.496 e. The van der Waals surface area contributed by atoms with Gasteiger partial charge in [0.25, 0.3) is 0 Å². The van der Waals surface area contributed by atoms with Gasteiger partial charge in [-0.15, -0.1) is 5.92 Å². The summed E-state index contributed by atoms with van der Waals surface area (Å²) in [5, 5.41) is 4.24. The number of amidine groups is 1. The van der Waals surface area contributed by atoms with Crippen molar-refractivity contribution in [1.82, 2.24) is 20.2 Å². The molecule has 0 bridgehead atoms. The molecule has 4 rings (SSSR count). The first-order valence-electron chi connectivity index (χ1n) is 11.1. The van der Waals surface area contributed by atoms with Crippen LogP contribution in [0.2, 0.25) is 0 Å². The molecule has 172 valence electrons. The second-order valence-corrected chi connectivity index (χ2v) is 8.70. The Morgan fingerprint density at radius 2 is 2.06 bits per heavy atom. The zero-order chi connectivity index (χ0) is 23.4. The minimum absolute atomic E-state index is 0.0110. The Kier molecular flexibility index (Phi) is 7.18. The maximum Gasteiger partial charge on any atom is 0.129 e. The Balaban J connectivity index is 1.50. The summed E-state index contributed by atoms with van der Waals surface area (Å²) in [6.07, 6.45) is 6.68. The average molecular weight is 461 g/mol. The molecule has 3 aromatic rings. The topological polar surface area (TPSA) is 62.6 Å². The van der Waals surface area contributed by atoms with E-state index in [0.717, 1.165) is 51.4 Å². The predicted octanol–water partition coefficient (Wildman–Crippen LogP) is 4.55. The number of hydrogen-bond donors (Lipinski definition) is 2. The Hall–Kier alpha value is -3.06. The van der Waals surface area contributed by atoms with Crippen LogP contribution in [0, 0.1) is 12.8 Å². The number of rotatable bonds is 7. The number of likely N-dealkylation sites (N-methyl/N-ethyl adjacent to an activating group) is 1. The van der Waals surface area contributed by atoms with Gasteiger partial charge in [-0.25, -0.2) is 4.99 Å². The van der Waals surface area contributed by atoms with Crippen molar-refractivity contribution in [1.29, 1.82) is 0 Å². The number of nitrogens with one attached hydrogen (secondary N) is 1. The van der Waals surface area contributed by atoms with Gasteiger partial charge in [0.05, 0.1) is 12.6 Å². The zero-order valence-corrected chi connectivity index (χ0v) is 20.2. The van der Waals surface area contributed by atoms with Crippen LogP contribution in [0.5, 0.6) is 5.75 Å². The van der Waals surface area contributed by atoms with E-state index in [-0.39, 0.29) is 11.2 Å². The molecule has 0 amide bonds. The molecular weight excluding hydrogens is 430 g/mol. The van der Waals surface area contributed by atoms with Crippen LogP contribution in [0.25, 0.3) is 16.6 Å². The Morgan fingerprint density at radius 1 is 1.21 bits per heavy atom. The molecule has 2 atom stereocenters. The highest BCUT2D eigenvalue weighted by atomic mass is 32.1. The number of aliphatic imine (C=N–C) groups is 1. The number of hydrogen-bond acceptors (Lipinski definition) is 7. The first kappa shape index (κ1) is 23.1. The van der Waals surface area contributed by atoms with E-state index in [9.17, 15) is 0 Å². The van der Waals surface area contributed by atoms with Crippen molar-refractivity contribution in [3.05, 3.63) is 78.6 Å². The number of nitrogens with zero attached hydrogens (tertiary/aromatic N) is 4. The smallest absolute Gasteiger partial charge is 0.129 e. The van der Waals surface area contributed by atoms with E-state index in [1.165, 1.54) is 0 Å². The van der Waals surface area contributed by atoms with Gasteiger partial charge in [0.15, 0.2) is 0 Å². The number of benzene rings is 1. The normalized spacial score (nSPS) is 15.3. The van der Waals surface area contributed by atoms with Crippen molar-refractivity contribution in [3.63, 3.8) is 0 Å². The fraction of sp³-hybridized carbons (Fsp3) is 0.308. The van der Waals surface area contributed by atoms with E-state index in [0.29, 0.717) is 13.2 Å². The highest BCUT2D eigenvalue weighted by Crippen LogP contribution is 2.35. The number of para-hydroxylation sites is 1. The average Bonchev–Trinajstić information content (AvgIpc) is 2.87. The lowest BCUT2D eigenvalue weighted by Gasteiger charge is -2.32. The third-order valence-electron chi connectivity index (χ3n) is 5.93. The van der Waals surface area contributed by atoms with E-state index in [2.05, 4.69) is 63.3 Å². The molecule has 0 radical (unpaired) electrons. The molecule has 0 spiro atoms. The van der Waals surface area contributed by atoms with E-state index in [4.69, 9.17) is 17.4 Å². The second kappa shape index (κ2) is 10.3. The van der Waals surface area contributed by atoms with Gasteiger partial charge < -0.3 is 21.9 Å². The van der Waals surface area contributed by atoms with Gasteiger partial charge in [-0.3, -0.25) is 9.97 Å². The summed E-state index contributed by atoms with van der Waals surface area (Å²) in [6, 6.07) is 12.1. The van der Waals surface area contributed by atoms with E-state index in [1.807, 2.05) is 31.4 Å². The van der Waals surface area contributed by atoms with Gasteiger partial charge in [-0.1, -0.05) is 19.1 Å². The van der Waals surface area contributed by atoms with Crippen molar-refractivity contribution in [3.8, 4) is 5.75 Å². The molecule has 2 unspecified atom stereocenters. The number of methoxy groups -OCH3 is 1. The molecule has 1 aliphatic heterocycles. The standard InChI is InChI=1S/C26H30N5OS/c1-5-19-10-9-18(14-28-19)22-13-24(30-16-29-22)31(3)15-17(2)26(33)21-8-6-7-20-23(32-4)11-12-27-25(20)21/h6-14,17,26,29,33H,2,5,15-16H2,1,3-4H3/q-1. The van der Waals surface area contributed by atoms with Gasteiger partial charge in [-0.05, 0) is 42.8 Å². The van der Waals surface area contributed by atoms with Crippen molar-refractivity contribution in [2.45, 2.75) is 18.6 Å². The Morgan fingerprint density at radius 3 is 2.79 bits per heavy atom. The molecule has 0 saturated carbocycles. The van der Waals surface area contributed by atoms with E-state index < -0.39 is 0 Å². The van der Waals surface area contributed by atoms with Crippen LogP contribution in [-0.2, 0) is 6.42 Å². The van der Waals surface area contributed by atoms with Crippen LogP contribution in [0.1, 0.15) is 29.0 Å². The maximum atomic E-state index is 5.50. The summed E-state index contributed by atoms with van der Waals surface area (Å²) in [7, 11) is 3.72. The summed E-state index contributed by atoms with van der Waals surface area (Å²) in [5.41, 5.74) is 5.12. The molecule has 0 aliphatic carbocycles. The monoisotopic (exact) mass is 460 g/mol. The highest BCUT2D eigenvalue weighted by Gasteiger charge is 2.19. The lowest BCUT2D eigenvalue weighted by Crippen LogP contribution is -2.35. The van der Waals surface area contributed by atoms with Crippen molar-refractivity contribution in [2.75, 3.05) is 27.4 Å². The lowest BCUT2D eigenvalue weighted by molar-refractivity contribution is 0.419. The number of pyridine rings is 2. The first-order chi connectivity index (χ1) is 16.0. The molecule has 1 aromatic carbocycles. The van der Waals surface area contributed by atoms with Crippen molar-refractivity contribution in [2.24, 2.45) is 10.9 Å². The predicted molar refractivity (Wildman–Crippen MR) is 139 cm³/mol. The molecule has 6 nitrogen and oxygen atoms in total. The molecular formula is C26H30N5OS-. The molecule has 1 N–H and O–H groups in total. The molecule has 3 heterocycles. The summed E-state index contributed by atoms with van der Waals surface area (Å²) >= 11 is 4.94. The van der Waals surface area contributed by atoms with Gasteiger partial charge in [-0.2, -0.15) is 12.6 Å². The minimum atomic E-state index is -0.0905. The van der Waals surface area contributed by atoms with Gasteiger partial charge in [0.2, 0.25) is 0 Å². The summed E-state index contributed by atoms with van der Waals surface area (Å²) in [4.78, 5) is 15.9. The largest absolute Gasteiger partial charge is 0.496 e. The number of thiol groups is 1. The van der Waals surface area contributed by atoms with Crippen LogP contribution in [0.4, 0.5) is 0 Å². The van der Waals surface area contributed by atoms with Crippen LogP contribution in [0.15, 0.2) is 59.9 Å². The van der Waals surface area contributed by atoms with Crippen LogP contribution < -0.4 is 10.1 Å². The van der Waals surface area contributed by atoms with Crippen LogP contribution in [-0.4, -0.2) is 48.1 Å². The van der Waals surface area contributed by atoms with Crippen molar-refractivity contribution >= 4 is 35.1 Å². The quantitative estimate of drug-likeness (QED) is 0.400. The summed E-state index contributed by atoms with van der Waals surface area (Å²) in [6.45, 7) is 7.75. The highest BCUT2D eigenvalue weighted by molar-refractivity contribution is 7.80. The molecule has 33 heavy (non-hydrogen) atoms. The zero-order valence-electron chi connectivity index (χ0n) is 19.3. The molecule has 0 fully saturated rings. The van der Waals surface area contributed by atoms with E-state index >= 15 is 0 Å². The Labute approximate surface area is 201 Å². The fourth-order valence-electron chi connectivity index (χ4n) is 4.03. The third-order valence-corrected chi connectivity index (χ3v) is 6.63. The Bertz CT molecular complexity index is 1180. The SMILES string of the molecule is [CH2-]C(CN(C)C1=NCNC(c2ccc(CC)nc2)=C1)C(S)c1cccc2c(OC)ccnc12. The third kappa shape index (κ3) is 4.98. The molecule has 2 aromatic heterocycles. The number of fused-ring (bicyclic) bond motifs is 1. The molecule has 7 heteroatoms. The second-order valence-electron chi connectivity index (χ2n) is 8.14. The maximum absolute atomic E-state index is 5.50. The van der Waals surface area contributed by atoms with E-state index in [1.54, 1.807) is 13.3 Å². The van der Waals surface area contributed by atoms with Gasteiger partial charge >= 0.3 is 0 Å².